The van der Waals surface area contributed by atoms with Gasteiger partial charge in [0.15, 0.2) is 0 Å². The van der Waals surface area contributed by atoms with Crippen LogP contribution < -0.4 is 0 Å². The molecule has 1 nitrogen and oxygen atoms in total. The van der Waals surface area contributed by atoms with Crippen molar-refractivity contribution in [3.63, 3.8) is 0 Å². The molecule has 0 radical (unpaired) electrons. The van der Waals surface area contributed by atoms with Gasteiger partial charge in [-0.2, -0.15) is 0 Å². The first-order chi connectivity index (χ1) is 10.5. The average molecular weight is 287 g/mol. The summed E-state index contributed by atoms with van der Waals surface area (Å²) in [6.45, 7) is 10.4. The summed E-state index contributed by atoms with van der Waals surface area (Å²) in [7, 11) is 0. The highest BCUT2D eigenvalue weighted by molar-refractivity contribution is 6.31. The minimum Gasteiger partial charge on any atom is -0.270 e. The zero-order valence-corrected chi connectivity index (χ0v) is 13.4. The Hall–Kier alpha value is -2.59. The van der Waals surface area contributed by atoms with Crippen LogP contribution in [-0.2, 0) is 0 Å². The molecule has 0 N–H and O–H groups in total. The molecular weight excluding hydrogens is 266 g/mol. The summed E-state index contributed by atoms with van der Waals surface area (Å²) in [6.07, 6.45) is 0. The van der Waals surface area contributed by atoms with Gasteiger partial charge >= 0.3 is 0 Å². The maximum Gasteiger partial charge on any atom is 0.115 e. The second-order valence-electron chi connectivity index (χ2n) is 6.09. The van der Waals surface area contributed by atoms with Crippen molar-refractivity contribution >= 4 is 11.3 Å². The summed E-state index contributed by atoms with van der Waals surface area (Å²) in [5, 5.41) is 0. The van der Waals surface area contributed by atoms with E-state index >= 15 is 0 Å². The first kappa shape index (κ1) is 15.8. The number of allylic oxidation sites excluding steroid dienone is 1. The summed E-state index contributed by atoms with van der Waals surface area (Å²) in [5.41, 5.74) is 3.43. The molecule has 2 aromatic rings. The molecule has 0 aliphatic heterocycles. The minimum absolute atomic E-state index is 0.196. The second kappa shape index (κ2) is 6.91. The van der Waals surface area contributed by atoms with Gasteiger partial charge in [0.1, 0.15) is 5.71 Å². The predicted molar refractivity (Wildman–Crippen MR) is 96.0 cm³/mol. The number of rotatable bonds is 2. The zero-order valence-electron chi connectivity index (χ0n) is 13.4. The first-order valence-electron chi connectivity index (χ1n) is 7.37. The van der Waals surface area contributed by atoms with Crippen LogP contribution in [0.2, 0.25) is 0 Å². The Morgan fingerprint density at radius 2 is 1.45 bits per heavy atom. The Morgan fingerprint density at radius 1 is 0.909 bits per heavy atom. The molecule has 0 bridgehead atoms. The SMILES string of the molecule is C=C(C(C#Cc1ccccc1)=NC(C)(C)C)c1ccccc1. The summed E-state index contributed by atoms with van der Waals surface area (Å²) in [6, 6.07) is 20.0. The average Bonchev–Trinajstić information content (AvgIpc) is 2.51. The van der Waals surface area contributed by atoms with E-state index in [1.54, 1.807) is 0 Å². The van der Waals surface area contributed by atoms with E-state index in [-0.39, 0.29) is 5.54 Å². The van der Waals surface area contributed by atoms with Gasteiger partial charge < -0.3 is 0 Å². The van der Waals surface area contributed by atoms with Crippen LogP contribution in [0.25, 0.3) is 5.57 Å². The van der Waals surface area contributed by atoms with Gasteiger partial charge in [-0.05, 0) is 44.4 Å². The van der Waals surface area contributed by atoms with E-state index in [1.807, 2.05) is 60.7 Å². The van der Waals surface area contributed by atoms with Crippen molar-refractivity contribution in [3.05, 3.63) is 78.4 Å². The molecule has 0 aliphatic carbocycles. The quantitative estimate of drug-likeness (QED) is 0.545. The highest BCUT2D eigenvalue weighted by atomic mass is 14.8. The van der Waals surface area contributed by atoms with Crippen LogP contribution in [0, 0.1) is 11.8 Å². The van der Waals surface area contributed by atoms with Crippen LogP contribution in [0.5, 0.6) is 0 Å². The van der Waals surface area contributed by atoms with Gasteiger partial charge in [0.05, 0.1) is 5.54 Å². The molecule has 0 saturated carbocycles. The molecule has 0 unspecified atom stereocenters. The van der Waals surface area contributed by atoms with Gasteiger partial charge in [-0.25, -0.2) is 0 Å². The van der Waals surface area contributed by atoms with E-state index in [2.05, 4.69) is 39.2 Å². The molecule has 0 aliphatic rings. The van der Waals surface area contributed by atoms with Crippen molar-refractivity contribution in [2.24, 2.45) is 4.99 Å². The lowest BCUT2D eigenvalue weighted by Gasteiger charge is -2.14. The lowest BCUT2D eigenvalue weighted by molar-refractivity contribution is 0.585. The molecule has 22 heavy (non-hydrogen) atoms. The third-order valence-electron chi connectivity index (χ3n) is 2.95. The first-order valence-corrected chi connectivity index (χ1v) is 7.37. The Labute approximate surface area is 133 Å². The third kappa shape index (κ3) is 4.75. The fourth-order valence-corrected chi connectivity index (χ4v) is 1.94. The normalized spacial score (nSPS) is 11.5. The molecule has 2 rings (SSSR count). The van der Waals surface area contributed by atoms with Crippen LogP contribution in [0.1, 0.15) is 31.9 Å². The van der Waals surface area contributed by atoms with Crippen LogP contribution in [0.3, 0.4) is 0 Å². The van der Waals surface area contributed by atoms with Crippen molar-refractivity contribution in [1.82, 2.24) is 0 Å². The maximum absolute atomic E-state index is 4.74. The molecular formula is C21H21N. The monoisotopic (exact) mass is 287 g/mol. The minimum atomic E-state index is -0.196. The standard InChI is InChI=1S/C21H21N/c1-17(19-13-9-6-10-14-19)20(22-21(2,3)4)16-15-18-11-7-5-8-12-18/h5-14H,1H2,2-4H3. The van der Waals surface area contributed by atoms with E-state index in [1.165, 1.54) is 0 Å². The van der Waals surface area contributed by atoms with E-state index in [9.17, 15) is 0 Å². The van der Waals surface area contributed by atoms with Crippen molar-refractivity contribution < 1.29 is 0 Å². The lowest BCUT2D eigenvalue weighted by atomic mass is 10.0. The number of hydrogen-bond donors (Lipinski definition) is 0. The summed E-state index contributed by atoms with van der Waals surface area (Å²) < 4.78 is 0. The van der Waals surface area contributed by atoms with Crippen LogP contribution >= 0.6 is 0 Å². The summed E-state index contributed by atoms with van der Waals surface area (Å²) in [5.74, 6) is 6.37. The molecule has 110 valence electrons. The van der Waals surface area contributed by atoms with Gasteiger partial charge in [0.25, 0.3) is 0 Å². The lowest BCUT2D eigenvalue weighted by Crippen LogP contribution is -2.14. The highest BCUT2D eigenvalue weighted by Crippen LogP contribution is 2.17. The third-order valence-corrected chi connectivity index (χ3v) is 2.95. The molecule has 0 atom stereocenters. The van der Waals surface area contributed by atoms with Crippen molar-refractivity contribution in [1.29, 1.82) is 0 Å². The predicted octanol–water partition coefficient (Wildman–Crippen LogP) is 4.99. The smallest absolute Gasteiger partial charge is 0.115 e. The Bertz CT molecular complexity index is 720. The largest absolute Gasteiger partial charge is 0.270 e. The number of nitrogens with zero attached hydrogens (tertiary/aromatic N) is 1. The zero-order chi connectivity index (χ0) is 16.0. The number of benzene rings is 2. The molecule has 1 heteroatoms. The fraction of sp³-hybridized carbons (Fsp3) is 0.190. The van der Waals surface area contributed by atoms with Crippen LogP contribution in [-0.4, -0.2) is 11.3 Å². The van der Waals surface area contributed by atoms with E-state index in [0.717, 1.165) is 22.4 Å². The molecule has 0 saturated heterocycles. The molecule has 0 fully saturated rings. The molecule has 2 aromatic carbocycles. The van der Waals surface area contributed by atoms with Gasteiger partial charge in [0, 0.05) is 11.1 Å². The van der Waals surface area contributed by atoms with Crippen molar-refractivity contribution in [2.75, 3.05) is 0 Å². The van der Waals surface area contributed by atoms with Crippen molar-refractivity contribution in [2.45, 2.75) is 26.3 Å². The van der Waals surface area contributed by atoms with Crippen LogP contribution in [0.15, 0.2) is 72.2 Å². The fourth-order valence-electron chi connectivity index (χ4n) is 1.94. The molecule has 0 amide bonds. The van der Waals surface area contributed by atoms with Gasteiger partial charge in [-0.15, -0.1) is 0 Å². The van der Waals surface area contributed by atoms with E-state index < -0.39 is 0 Å². The molecule has 0 spiro atoms. The van der Waals surface area contributed by atoms with E-state index in [4.69, 9.17) is 4.99 Å². The van der Waals surface area contributed by atoms with Gasteiger partial charge in [0.2, 0.25) is 0 Å². The van der Waals surface area contributed by atoms with Crippen molar-refractivity contribution in [3.8, 4) is 11.8 Å². The van der Waals surface area contributed by atoms with Crippen LogP contribution in [0.4, 0.5) is 0 Å². The highest BCUT2D eigenvalue weighted by Gasteiger charge is 2.12. The number of aliphatic imine (C=N–C) groups is 1. The molecule has 0 heterocycles. The Kier molecular flexibility index (Phi) is 4.96. The molecule has 0 aromatic heterocycles. The van der Waals surface area contributed by atoms with E-state index in [0.29, 0.717) is 0 Å². The number of hydrogen-bond acceptors (Lipinski definition) is 1. The van der Waals surface area contributed by atoms with Gasteiger partial charge in [-0.1, -0.05) is 61.0 Å². The Balaban J connectivity index is 2.39. The van der Waals surface area contributed by atoms with Gasteiger partial charge in [-0.3, -0.25) is 4.99 Å². The second-order valence-corrected chi connectivity index (χ2v) is 6.09. The summed E-state index contributed by atoms with van der Waals surface area (Å²) in [4.78, 5) is 4.74. The Morgan fingerprint density at radius 3 is 2.00 bits per heavy atom. The maximum atomic E-state index is 4.74. The topological polar surface area (TPSA) is 12.4 Å². The summed E-state index contributed by atoms with van der Waals surface area (Å²) >= 11 is 0.